The van der Waals surface area contributed by atoms with Gasteiger partial charge in [-0.15, -0.1) is 0 Å². The summed E-state index contributed by atoms with van der Waals surface area (Å²) in [6.45, 7) is 1.88. The second kappa shape index (κ2) is 5.94. The molecular weight excluding hydrogens is 344 g/mol. The zero-order chi connectivity index (χ0) is 14.9. The Hall–Kier alpha value is -1.38. The Morgan fingerprint density at radius 1 is 1.45 bits per heavy atom. The van der Waals surface area contributed by atoms with Gasteiger partial charge in [-0.05, 0) is 36.4 Å². The highest BCUT2D eigenvalue weighted by atomic mass is 79.9. The van der Waals surface area contributed by atoms with E-state index in [1.165, 1.54) is 16.4 Å². The van der Waals surface area contributed by atoms with Crippen molar-refractivity contribution in [1.82, 2.24) is 14.8 Å². The number of nitrogens with one attached hydrogen (secondary N) is 1. The molecule has 1 aromatic carbocycles. The molecule has 0 fully saturated rings. The van der Waals surface area contributed by atoms with Gasteiger partial charge >= 0.3 is 11.1 Å². The van der Waals surface area contributed by atoms with Gasteiger partial charge in [-0.1, -0.05) is 22.0 Å². The summed E-state index contributed by atoms with van der Waals surface area (Å²) >= 11 is 4.68. The molecule has 0 aliphatic carbocycles. The van der Waals surface area contributed by atoms with Gasteiger partial charge in [-0.2, -0.15) is 4.98 Å². The number of hydrogen-bond acceptors (Lipinski definition) is 5. The number of aromatic amines is 1. The van der Waals surface area contributed by atoms with Gasteiger partial charge in [-0.3, -0.25) is 19.4 Å². The van der Waals surface area contributed by atoms with Crippen molar-refractivity contribution in [1.29, 1.82) is 0 Å². The van der Waals surface area contributed by atoms with Crippen molar-refractivity contribution < 1.29 is 0 Å². The molecule has 0 aliphatic heterocycles. The molecule has 1 aromatic heterocycles. The maximum atomic E-state index is 11.4. The van der Waals surface area contributed by atoms with E-state index < -0.39 is 11.1 Å². The zero-order valence-electron chi connectivity index (χ0n) is 10.9. The highest BCUT2D eigenvalue weighted by Gasteiger charge is 2.12. The van der Waals surface area contributed by atoms with Crippen LogP contribution in [0, 0.1) is 0 Å². The van der Waals surface area contributed by atoms with Crippen LogP contribution < -0.4 is 16.9 Å². The maximum absolute atomic E-state index is 11.4. The van der Waals surface area contributed by atoms with Crippen molar-refractivity contribution in [3.63, 3.8) is 0 Å². The first-order valence-electron chi connectivity index (χ1n) is 5.78. The van der Waals surface area contributed by atoms with Crippen molar-refractivity contribution >= 4 is 27.7 Å². The summed E-state index contributed by atoms with van der Waals surface area (Å²) < 4.78 is 2.32. The van der Waals surface area contributed by atoms with E-state index in [2.05, 4.69) is 26.0 Å². The molecule has 2 aromatic rings. The molecule has 6 nitrogen and oxygen atoms in total. The number of H-pyrrole nitrogens is 1. The molecular formula is C12H13BrN4O2S. The third-order valence-electron chi connectivity index (χ3n) is 2.62. The topological polar surface area (TPSA) is 93.8 Å². The third kappa shape index (κ3) is 3.20. The fourth-order valence-electron chi connectivity index (χ4n) is 1.62. The van der Waals surface area contributed by atoms with Crippen LogP contribution >= 0.6 is 27.7 Å². The number of nitrogens with zero attached hydrogens (tertiary/aromatic N) is 2. The number of benzene rings is 1. The fraction of sp³-hybridized carbons (Fsp3) is 0.250. The van der Waals surface area contributed by atoms with E-state index in [4.69, 9.17) is 5.73 Å². The van der Waals surface area contributed by atoms with E-state index in [-0.39, 0.29) is 6.04 Å². The lowest BCUT2D eigenvalue weighted by Crippen LogP contribution is -2.33. The quantitative estimate of drug-likeness (QED) is 0.810. The van der Waals surface area contributed by atoms with Crippen LogP contribution in [0.25, 0.3) is 0 Å². The van der Waals surface area contributed by atoms with Gasteiger partial charge in [0.25, 0.3) is 0 Å². The Balaban J connectivity index is 2.49. The minimum atomic E-state index is -0.803. The molecule has 8 heteroatoms. The van der Waals surface area contributed by atoms with Crippen LogP contribution in [0.15, 0.2) is 42.3 Å². The van der Waals surface area contributed by atoms with Crippen molar-refractivity contribution in [2.75, 3.05) is 0 Å². The fourth-order valence-corrected chi connectivity index (χ4v) is 3.20. The molecule has 0 saturated carbocycles. The van der Waals surface area contributed by atoms with Crippen LogP contribution in [-0.2, 0) is 7.05 Å². The predicted molar refractivity (Wildman–Crippen MR) is 81.0 cm³/mol. The summed E-state index contributed by atoms with van der Waals surface area (Å²) in [5.41, 5.74) is 5.34. The molecule has 0 amide bonds. The van der Waals surface area contributed by atoms with Crippen LogP contribution in [0.2, 0.25) is 0 Å². The SMILES string of the molecule is CC(N)c1ccc(Br)cc1Sc1nc(=O)c(=O)[nH]n1C. The van der Waals surface area contributed by atoms with Gasteiger partial charge in [0.05, 0.1) is 0 Å². The number of halogens is 1. The largest absolute Gasteiger partial charge is 0.339 e. The molecule has 1 heterocycles. The Morgan fingerprint density at radius 3 is 2.80 bits per heavy atom. The van der Waals surface area contributed by atoms with Crippen LogP contribution in [-0.4, -0.2) is 14.8 Å². The number of hydrogen-bond donors (Lipinski definition) is 2. The van der Waals surface area contributed by atoms with Crippen LogP contribution in [0.1, 0.15) is 18.5 Å². The Kier molecular flexibility index (Phi) is 4.46. The van der Waals surface area contributed by atoms with E-state index in [1.807, 2.05) is 25.1 Å². The summed E-state index contributed by atoms with van der Waals surface area (Å²) in [5.74, 6) is 0. The predicted octanol–water partition coefficient (Wildman–Crippen LogP) is 1.40. The number of nitrogens with two attached hydrogens (primary N) is 1. The first kappa shape index (κ1) is 15.0. The second-order valence-corrected chi connectivity index (χ2v) is 6.20. The minimum Gasteiger partial charge on any atom is -0.324 e. The van der Waals surface area contributed by atoms with Crippen LogP contribution in [0.3, 0.4) is 0 Å². The lowest BCUT2D eigenvalue weighted by Gasteiger charge is -2.13. The summed E-state index contributed by atoms with van der Waals surface area (Å²) in [6, 6.07) is 5.58. The monoisotopic (exact) mass is 356 g/mol. The van der Waals surface area contributed by atoms with E-state index in [0.29, 0.717) is 5.16 Å². The first-order chi connectivity index (χ1) is 9.38. The molecule has 2 rings (SSSR count). The number of aromatic nitrogens is 3. The molecule has 1 atom stereocenters. The number of aryl methyl sites for hydroxylation is 1. The van der Waals surface area contributed by atoms with Gasteiger partial charge in [0, 0.05) is 22.5 Å². The molecule has 0 saturated heterocycles. The van der Waals surface area contributed by atoms with Gasteiger partial charge in [0.2, 0.25) is 0 Å². The standard InChI is InChI=1S/C12H13BrN4O2S/c1-6(14)8-4-3-7(13)5-9(8)20-12-15-10(18)11(19)16-17(12)2/h3-6H,14H2,1-2H3,(H,16,19). The molecule has 0 radical (unpaired) electrons. The molecule has 0 spiro atoms. The highest BCUT2D eigenvalue weighted by molar-refractivity contribution is 9.10. The smallest absolute Gasteiger partial charge is 0.324 e. The molecule has 106 valence electrons. The summed E-state index contributed by atoms with van der Waals surface area (Å²) in [7, 11) is 1.62. The van der Waals surface area contributed by atoms with Gasteiger partial charge in [0.15, 0.2) is 5.16 Å². The van der Waals surface area contributed by atoms with Gasteiger partial charge < -0.3 is 5.73 Å². The lowest BCUT2D eigenvalue weighted by atomic mass is 10.1. The first-order valence-corrected chi connectivity index (χ1v) is 7.39. The van der Waals surface area contributed by atoms with Gasteiger partial charge in [0.1, 0.15) is 0 Å². The van der Waals surface area contributed by atoms with Crippen LogP contribution in [0.5, 0.6) is 0 Å². The normalized spacial score (nSPS) is 12.4. The van der Waals surface area contributed by atoms with E-state index in [9.17, 15) is 9.59 Å². The average molecular weight is 357 g/mol. The highest BCUT2D eigenvalue weighted by Crippen LogP contribution is 2.32. The maximum Gasteiger partial charge on any atom is 0.339 e. The van der Waals surface area contributed by atoms with Crippen molar-refractivity contribution in [2.24, 2.45) is 12.8 Å². The molecule has 3 N–H and O–H groups in total. The molecule has 20 heavy (non-hydrogen) atoms. The molecule has 1 unspecified atom stereocenters. The Labute approximate surface area is 127 Å². The third-order valence-corrected chi connectivity index (χ3v) is 4.23. The van der Waals surface area contributed by atoms with E-state index in [0.717, 1.165) is 14.9 Å². The summed E-state index contributed by atoms with van der Waals surface area (Å²) in [5, 5.41) is 2.81. The molecule has 0 bridgehead atoms. The van der Waals surface area contributed by atoms with Crippen LogP contribution in [0.4, 0.5) is 0 Å². The van der Waals surface area contributed by atoms with Gasteiger partial charge in [-0.25, -0.2) is 0 Å². The summed E-state index contributed by atoms with van der Waals surface area (Å²) in [4.78, 5) is 27.2. The van der Waals surface area contributed by atoms with Crippen molar-refractivity contribution in [3.8, 4) is 0 Å². The van der Waals surface area contributed by atoms with E-state index in [1.54, 1.807) is 7.05 Å². The Morgan fingerprint density at radius 2 is 2.15 bits per heavy atom. The average Bonchev–Trinajstić information content (AvgIpc) is 2.35. The van der Waals surface area contributed by atoms with Crippen molar-refractivity contribution in [3.05, 3.63) is 48.9 Å². The zero-order valence-corrected chi connectivity index (χ0v) is 13.3. The molecule has 0 aliphatic rings. The Bertz CT molecular complexity index is 754. The lowest BCUT2D eigenvalue weighted by molar-refractivity contribution is 0.596. The summed E-state index contributed by atoms with van der Waals surface area (Å²) in [6.07, 6.45) is 0. The minimum absolute atomic E-state index is 0.148. The van der Waals surface area contributed by atoms with Crippen molar-refractivity contribution in [2.45, 2.75) is 23.0 Å². The number of rotatable bonds is 3. The second-order valence-electron chi connectivity index (χ2n) is 4.27. The van der Waals surface area contributed by atoms with E-state index >= 15 is 0 Å².